The summed E-state index contributed by atoms with van der Waals surface area (Å²) in [5, 5.41) is 22.1. The van der Waals surface area contributed by atoms with Crippen LogP contribution < -0.4 is 16.6 Å². The number of nitrogens with one attached hydrogen (secondary N) is 1. The molecule has 2 heterocycles. The molecular formula is C23H18N8O. The molecule has 0 fully saturated rings. The van der Waals surface area contributed by atoms with Crippen LogP contribution >= 0.6 is 0 Å². The number of anilines is 2. The largest absolute Gasteiger partial charge is 0.368 e. The predicted octanol–water partition coefficient (Wildman–Crippen LogP) is 2.98. The lowest BCUT2D eigenvalue weighted by molar-refractivity contribution is 0.730. The Hall–Kier alpha value is -4.76. The van der Waals surface area contributed by atoms with Gasteiger partial charge in [-0.25, -0.2) is 9.97 Å². The van der Waals surface area contributed by atoms with E-state index in [2.05, 4.69) is 21.4 Å². The molecule has 0 radical (unpaired) electrons. The number of fused-ring (bicyclic) bond motifs is 1. The van der Waals surface area contributed by atoms with Gasteiger partial charge in [-0.05, 0) is 49.7 Å². The molecule has 4 rings (SSSR count). The summed E-state index contributed by atoms with van der Waals surface area (Å²) < 4.78 is 1.50. The van der Waals surface area contributed by atoms with Crippen LogP contribution in [0.15, 0.2) is 53.5 Å². The summed E-state index contributed by atoms with van der Waals surface area (Å²) in [6.45, 7) is 3.67. The molecule has 32 heavy (non-hydrogen) atoms. The molecule has 0 spiro atoms. The minimum absolute atomic E-state index is 0.0188. The SMILES string of the molecule is Cc1cccc2nc(C(C)Nc3nc(N)ncc3C#N)n(-c3ccc(C#N)cc3)c(=O)c12. The lowest BCUT2D eigenvalue weighted by atomic mass is 10.1. The first-order valence-corrected chi connectivity index (χ1v) is 9.75. The van der Waals surface area contributed by atoms with Crippen LogP contribution in [0.3, 0.4) is 0 Å². The molecule has 9 nitrogen and oxygen atoms in total. The fourth-order valence-electron chi connectivity index (χ4n) is 3.49. The van der Waals surface area contributed by atoms with Crippen molar-refractivity contribution in [3.8, 4) is 17.8 Å². The van der Waals surface area contributed by atoms with Gasteiger partial charge in [-0.3, -0.25) is 9.36 Å². The van der Waals surface area contributed by atoms with E-state index in [0.717, 1.165) is 5.56 Å². The highest BCUT2D eigenvalue weighted by atomic mass is 16.1. The summed E-state index contributed by atoms with van der Waals surface area (Å²) in [6.07, 6.45) is 1.34. The number of aryl methyl sites for hydroxylation is 1. The van der Waals surface area contributed by atoms with Gasteiger partial charge in [0.25, 0.3) is 5.56 Å². The summed E-state index contributed by atoms with van der Waals surface area (Å²) in [5.41, 5.74) is 8.10. The van der Waals surface area contributed by atoms with E-state index in [1.54, 1.807) is 30.3 Å². The zero-order valence-electron chi connectivity index (χ0n) is 17.4. The highest BCUT2D eigenvalue weighted by Crippen LogP contribution is 2.24. The first-order valence-electron chi connectivity index (χ1n) is 9.75. The van der Waals surface area contributed by atoms with Gasteiger partial charge in [0.1, 0.15) is 23.3 Å². The Morgan fingerprint density at radius 2 is 1.84 bits per heavy atom. The van der Waals surface area contributed by atoms with Crippen LogP contribution in [0.1, 0.15) is 35.5 Å². The van der Waals surface area contributed by atoms with Crippen molar-refractivity contribution in [3.05, 3.63) is 81.5 Å². The number of aromatic nitrogens is 4. The van der Waals surface area contributed by atoms with Crippen molar-refractivity contribution < 1.29 is 0 Å². The molecule has 0 saturated heterocycles. The molecule has 4 aromatic rings. The van der Waals surface area contributed by atoms with Crippen LogP contribution in [0.4, 0.5) is 11.8 Å². The van der Waals surface area contributed by atoms with Crippen LogP contribution in [-0.4, -0.2) is 19.5 Å². The smallest absolute Gasteiger partial charge is 0.266 e. The third-order valence-electron chi connectivity index (χ3n) is 5.05. The zero-order chi connectivity index (χ0) is 22.8. The second kappa shape index (κ2) is 8.17. The fourth-order valence-corrected chi connectivity index (χ4v) is 3.49. The van der Waals surface area contributed by atoms with Gasteiger partial charge in [0.15, 0.2) is 0 Å². The number of nitrogens with zero attached hydrogens (tertiary/aromatic N) is 6. The van der Waals surface area contributed by atoms with E-state index >= 15 is 0 Å². The van der Waals surface area contributed by atoms with Gasteiger partial charge in [0.2, 0.25) is 5.95 Å². The number of benzene rings is 2. The van der Waals surface area contributed by atoms with Crippen LogP contribution in [0.25, 0.3) is 16.6 Å². The minimum atomic E-state index is -0.523. The Morgan fingerprint density at radius 1 is 1.09 bits per heavy atom. The van der Waals surface area contributed by atoms with E-state index in [4.69, 9.17) is 16.0 Å². The maximum Gasteiger partial charge on any atom is 0.266 e. The number of hydrogen-bond acceptors (Lipinski definition) is 8. The molecule has 3 N–H and O–H groups in total. The molecule has 9 heteroatoms. The molecule has 156 valence electrons. The maximum absolute atomic E-state index is 13.6. The van der Waals surface area contributed by atoms with E-state index in [9.17, 15) is 10.1 Å². The molecule has 0 bridgehead atoms. The molecular weight excluding hydrogens is 404 g/mol. The normalized spacial score (nSPS) is 11.5. The summed E-state index contributed by atoms with van der Waals surface area (Å²) in [5.74, 6) is 0.682. The highest BCUT2D eigenvalue weighted by Gasteiger charge is 2.20. The van der Waals surface area contributed by atoms with Crippen molar-refractivity contribution in [1.29, 1.82) is 10.5 Å². The average Bonchev–Trinajstić information content (AvgIpc) is 2.79. The molecule has 0 amide bonds. The van der Waals surface area contributed by atoms with Gasteiger partial charge >= 0.3 is 0 Å². The van der Waals surface area contributed by atoms with Crippen LogP contribution in [0, 0.1) is 29.6 Å². The van der Waals surface area contributed by atoms with E-state index in [1.807, 2.05) is 32.0 Å². The Morgan fingerprint density at radius 3 is 2.53 bits per heavy atom. The fraction of sp³-hybridized carbons (Fsp3) is 0.130. The van der Waals surface area contributed by atoms with Gasteiger partial charge in [0.05, 0.1) is 40.5 Å². The van der Waals surface area contributed by atoms with E-state index < -0.39 is 6.04 Å². The quantitative estimate of drug-likeness (QED) is 0.510. The van der Waals surface area contributed by atoms with Crippen molar-refractivity contribution in [3.63, 3.8) is 0 Å². The topological polar surface area (TPSA) is 146 Å². The third-order valence-corrected chi connectivity index (χ3v) is 5.05. The first kappa shape index (κ1) is 20.5. The molecule has 1 atom stereocenters. The van der Waals surface area contributed by atoms with Crippen molar-refractivity contribution in [2.45, 2.75) is 19.9 Å². The molecule has 0 aliphatic rings. The summed E-state index contributed by atoms with van der Waals surface area (Å²) in [4.78, 5) is 26.3. The lowest BCUT2D eigenvalue weighted by Crippen LogP contribution is -2.28. The molecule has 2 aromatic heterocycles. The van der Waals surface area contributed by atoms with Crippen molar-refractivity contribution in [2.75, 3.05) is 11.1 Å². The summed E-state index contributed by atoms with van der Waals surface area (Å²) in [7, 11) is 0. The Labute approximate surface area is 183 Å². The van der Waals surface area contributed by atoms with Gasteiger partial charge < -0.3 is 11.1 Å². The Balaban J connectivity index is 1.93. The summed E-state index contributed by atoms with van der Waals surface area (Å²) in [6, 6.07) is 15.8. The van der Waals surface area contributed by atoms with Crippen LogP contribution in [0.2, 0.25) is 0 Å². The second-order valence-electron chi connectivity index (χ2n) is 7.21. The molecule has 0 aliphatic heterocycles. The van der Waals surface area contributed by atoms with Gasteiger partial charge in [-0.1, -0.05) is 12.1 Å². The Bertz CT molecular complexity index is 1480. The summed E-state index contributed by atoms with van der Waals surface area (Å²) >= 11 is 0. The Kier molecular flexibility index (Phi) is 5.24. The lowest BCUT2D eigenvalue weighted by Gasteiger charge is -2.21. The van der Waals surface area contributed by atoms with Crippen molar-refractivity contribution in [2.24, 2.45) is 0 Å². The van der Waals surface area contributed by atoms with E-state index in [0.29, 0.717) is 28.0 Å². The monoisotopic (exact) mass is 422 g/mol. The molecule has 2 aromatic carbocycles. The molecule has 0 saturated carbocycles. The van der Waals surface area contributed by atoms with E-state index in [-0.39, 0.29) is 22.9 Å². The van der Waals surface area contributed by atoms with Gasteiger partial charge in [-0.15, -0.1) is 0 Å². The second-order valence-corrected chi connectivity index (χ2v) is 7.21. The minimum Gasteiger partial charge on any atom is -0.368 e. The zero-order valence-corrected chi connectivity index (χ0v) is 17.4. The van der Waals surface area contributed by atoms with Crippen LogP contribution in [0.5, 0.6) is 0 Å². The first-order chi connectivity index (χ1) is 15.4. The van der Waals surface area contributed by atoms with Gasteiger partial charge in [0, 0.05) is 0 Å². The number of nitrogens with two attached hydrogens (primary N) is 1. The number of hydrogen-bond donors (Lipinski definition) is 2. The van der Waals surface area contributed by atoms with Crippen molar-refractivity contribution in [1.82, 2.24) is 19.5 Å². The molecule has 1 unspecified atom stereocenters. The average molecular weight is 422 g/mol. The third kappa shape index (κ3) is 3.59. The number of nitrogen functional groups attached to an aromatic ring is 1. The predicted molar refractivity (Wildman–Crippen MR) is 120 cm³/mol. The van der Waals surface area contributed by atoms with Crippen molar-refractivity contribution >= 4 is 22.7 Å². The maximum atomic E-state index is 13.6. The molecule has 0 aliphatic carbocycles. The number of rotatable bonds is 4. The highest BCUT2D eigenvalue weighted by molar-refractivity contribution is 5.81. The number of nitriles is 2. The standard InChI is InChI=1S/C23H18N8O/c1-13-4-3-5-18-19(13)22(32)31(17-8-6-15(10-24)7-9-17)21(29-18)14(2)28-20-16(11-25)12-27-23(26)30-20/h3-9,12,14H,1-2H3,(H3,26,27,28,30). The van der Waals surface area contributed by atoms with Gasteiger partial charge in [-0.2, -0.15) is 15.5 Å². The van der Waals surface area contributed by atoms with Crippen LogP contribution in [-0.2, 0) is 0 Å². The van der Waals surface area contributed by atoms with E-state index in [1.165, 1.54) is 10.8 Å².